The topological polar surface area (TPSA) is 78.4 Å². The Morgan fingerprint density at radius 3 is 2.35 bits per heavy atom. The van der Waals surface area contributed by atoms with Crippen LogP contribution in [-0.2, 0) is 11.3 Å². The van der Waals surface area contributed by atoms with Gasteiger partial charge in [0.25, 0.3) is 0 Å². The summed E-state index contributed by atoms with van der Waals surface area (Å²) >= 11 is 0. The molecule has 0 aliphatic carbocycles. The molecule has 0 fully saturated rings. The molecule has 0 bridgehead atoms. The van der Waals surface area contributed by atoms with Gasteiger partial charge in [-0.2, -0.15) is 5.10 Å². The molecule has 0 saturated carbocycles. The SMILES string of the molecule is CCOC(=O)N/N=C\c1cc(OC)c(OCc2ccccc2)c(OC)c1. The summed E-state index contributed by atoms with van der Waals surface area (Å²) in [5.74, 6) is 1.49. The van der Waals surface area contributed by atoms with Crippen molar-refractivity contribution in [2.24, 2.45) is 5.10 Å². The first kappa shape index (κ1) is 19.1. The molecule has 0 radical (unpaired) electrons. The number of nitrogens with one attached hydrogen (secondary N) is 1. The number of ether oxygens (including phenoxy) is 4. The van der Waals surface area contributed by atoms with Gasteiger partial charge in [0.1, 0.15) is 6.61 Å². The normalized spacial score (nSPS) is 10.4. The van der Waals surface area contributed by atoms with Gasteiger partial charge in [0.2, 0.25) is 5.75 Å². The molecule has 0 aliphatic rings. The van der Waals surface area contributed by atoms with E-state index in [0.717, 1.165) is 5.56 Å². The number of hydrogen-bond donors (Lipinski definition) is 1. The zero-order chi connectivity index (χ0) is 18.8. The molecule has 0 aromatic heterocycles. The van der Waals surface area contributed by atoms with Crippen molar-refractivity contribution in [1.82, 2.24) is 5.43 Å². The lowest BCUT2D eigenvalue weighted by molar-refractivity contribution is 0.152. The third-order valence-corrected chi connectivity index (χ3v) is 3.35. The van der Waals surface area contributed by atoms with Crippen molar-refractivity contribution in [2.75, 3.05) is 20.8 Å². The number of rotatable bonds is 8. The van der Waals surface area contributed by atoms with Crippen molar-refractivity contribution >= 4 is 12.3 Å². The number of nitrogens with zero attached hydrogens (tertiary/aromatic N) is 1. The molecule has 7 nitrogen and oxygen atoms in total. The first-order valence-electron chi connectivity index (χ1n) is 8.06. The van der Waals surface area contributed by atoms with Gasteiger partial charge in [0.05, 0.1) is 27.0 Å². The fourth-order valence-corrected chi connectivity index (χ4v) is 2.17. The molecule has 7 heteroatoms. The first-order valence-corrected chi connectivity index (χ1v) is 8.06. The maximum atomic E-state index is 11.2. The highest BCUT2D eigenvalue weighted by atomic mass is 16.6. The van der Waals surface area contributed by atoms with E-state index < -0.39 is 6.09 Å². The van der Waals surface area contributed by atoms with Crippen LogP contribution in [0, 0.1) is 0 Å². The average Bonchev–Trinajstić information content (AvgIpc) is 2.67. The fraction of sp³-hybridized carbons (Fsp3) is 0.263. The lowest BCUT2D eigenvalue weighted by atomic mass is 10.2. The van der Waals surface area contributed by atoms with Crippen molar-refractivity contribution in [2.45, 2.75) is 13.5 Å². The number of benzene rings is 2. The molecule has 2 aromatic carbocycles. The molecule has 2 aromatic rings. The first-order chi connectivity index (χ1) is 12.7. The second-order valence-electron chi connectivity index (χ2n) is 5.12. The Kier molecular flexibility index (Phi) is 7.30. The highest BCUT2D eigenvalue weighted by molar-refractivity contribution is 5.83. The summed E-state index contributed by atoms with van der Waals surface area (Å²) in [5, 5.41) is 3.83. The number of amides is 1. The van der Waals surface area contributed by atoms with Crippen molar-refractivity contribution in [1.29, 1.82) is 0 Å². The van der Waals surface area contributed by atoms with Gasteiger partial charge in [-0.05, 0) is 24.6 Å². The van der Waals surface area contributed by atoms with Crippen LogP contribution >= 0.6 is 0 Å². The van der Waals surface area contributed by atoms with Crippen LogP contribution in [0.3, 0.4) is 0 Å². The van der Waals surface area contributed by atoms with Crippen LogP contribution in [0.5, 0.6) is 17.2 Å². The maximum absolute atomic E-state index is 11.2. The average molecular weight is 358 g/mol. The summed E-state index contributed by atoms with van der Waals surface area (Å²) in [6, 6.07) is 13.3. The van der Waals surface area contributed by atoms with Gasteiger partial charge in [0, 0.05) is 5.56 Å². The van der Waals surface area contributed by atoms with Crippen molar-refractivity contribution in [3.8, 4) is 17.2 Å². The highest BCUT2D eigenvalue weighted by Crippen LogP contribution is 2.38. The van der Waals surface area contributed by atoms with E-state index in [1.807, 2.05) is 30.3 Å². The van der Waals surface area contributed by atoms with Crippen LogP contribution < -0.4 is 19.6 Å². The molecule has 1 N–H and O–H groups in total. The van der Waals surface area contributed by atoms with Crippen molar-refractivity contribution in [3.05, 3.63) is 53.6 Å². The maximum Gasteiger partial charge on any atom is 0.427 e. The van der Waals surface area contributed by atoms with Gasteiger partial charge in [0.15, 0.2) is 11.5 Å². The largest absolute Gasteiger partial charge is 0.493 e. The van der Waals surface area contributed by atoms with E-state index in [0.29, 0.717) is 29.4 Å². The molecule has 26 heavy (non-hydrogen) atoms. The minimum absolute atomic E-state index is 0.274. The van der Waals surface area contributed by atoms with Gasteiger partial charge in [-0.1, -0.05) is 30.3 Å². The van der Waals surface area contributed by atoms with E-state index in [1.165, 1.54) is 6.21 Å². The molecule has 0 spiro atoms. The predicted molar refractivity (Wildman–Crippen MR) is 98.1 cm³/mol. The zero-order valence-corrected chi connectivity index (χ0v) is 15.0. The summed E-state index contributed by atoms with van der Waals surface area (Å²) in [7, 11) is 3.09. The number of hydrogen-bond acceptors (Lipinski definition) is 6. The Morgan fingerprint density at radius 1 is 1.12 bits per heavy atom. The van der Waals surface area contributed by atoms with Crippen LogP contribution in [0.15, 0.2) is 47.6 Å². The van der Waals surface area contributed by atoms with Gasteiger partial charge in [-0.3, -0.25) is 0 Å². The Hall–Kier alpha value is -3.22. The molecule has 0 unspecified atom stereocenters. The summed E-state index contributed by atoms with van der Waals surface area (Å²) in [6.45, 7) is 2.37. The standard InChI is InChI=1S/C19H22N2O5/c1-4-25-19(22)21-20-12-15-10-16(23-2)18(17(11-15)24-3)26-13-14-8-6-5-7-9-14/h5-12H,4,13H2,1-3H3,(H,21,22)/b20-12-. The minimum Gasteiger partial charge on any atom is -0.493 e. The number of hydrazone groups is 1. The Labute approximate surface area is 152 Å². The number of methoxy groups -OCH3 is 2. The molecule has 0 aliphatic heterocycles. The monoisotopic (exact) mass is 358 g/mol. The van der Waals surface area contributed by atoms with Crippen LogP contribution in [0.4, 0.5) is 4.79 Å². The Bertz CT molecular complexity index is 722. The Morgan fingerprint density at radius 2 is 1.77 bits per heavy atom. The smallest absolute Gasteiger partial charge is 0.427 e. The third kappa shape index (κ3) is 5.41. The summed E-state index contributed by atoms with van der Waals surface area (Å²) in [4.78, 5) is 11.2. The minimum atomic E-state index is -0.620. The zero-order valence-electron chi connectivity index (χ0n) is 15.0. The van der Waals surface area contributed by atoms with Crippen LogP contribution in [-0.4, -0.2) is 33.1 Å². The van der Waals surface area contributed by atoms with E-state index in [1.54, 1.807) is 33.3 Å². The molecule has 0 atom stereocenters. The molecular weight excluding hydrogens is 336 g/mol. The van der Waals surface area contributed by atoms with Crippen LogP contribution in [0.2, 0.25) is 0 Å². The highest BCUT2D eigenvalue weighted by Gasteiger charge is 2.14. The van der Waals surface area contributed by atoms with E-state index in [9.17, 15) is 4.79 Å². The van der Waals surface area contributed by atoms with Gasteiger partial charge in [-0.25, -0.2) is 10.2 Å². The second kappa shape index (κ2) is 9.93. The van der Waals surface area contributed by atoms with Crippen molar-refractivity contribution in [3.63, 3.8) is 0 Å². The second-order valence-corrected chi connectivity index (χ2v) is 5.12. The lowest BCUT2D eigenvalue weighted by Gasteiger charge is -2.15. The van der Waals surface area contributed by atoms with E-state index in [2.05, 4.69) is 10.5 Å². The fourth-order valence-electron chi connectivity index (χ4n) is 2.17. The van der Waals surface area contributed by atoms with E-state index in [4.69, 9.17) is 18.9 Å². The van der Waals surface area contributed by atoms with Crippen LogP contribution in [0.1, 0.15) is 18.1 Å². The summed E-state index contributed by atoms with van der Waals surface area (Å²) < 4.78 is 21.4. The van der Waals surface area contributed by atoms with Gasteiger partial charge in [-0.15, -0.1) is 0 Å². The van der Waals surface area contributed by atoms with Crippen molar-refractivity contribution < 1.29 is 23.7 Å². The van der Waals surface area contributed by atoms with E-state index in [-0.39, 0.29) is 6.61 Å². The lowest BCUT2D eigenvalue weighted by Crippen LogP contribution is -2.18. The predicted octanol–water partition coefficient (Wildman–Crippen LogP) is 3.36. The summed E-state index contributed by atoms with van der Waals surface area (Å²) in [6.07, 6.45) is 0.841. The van der Waals surface area contributed by atoms with Gasteiger partial charge >= 0.3 is 6.09 Å². The number of carbonyl (C=O) groups is 1. The van der Waals surface area contributed by atoms with E-state index >= 15 is 0 Å². The van der Waals surface area contributed by atoms with Crippen LogP contribution in [0.25, 0.3) is 0 Å². The molecule has 1 amide bonds. The molecule has 0 saturated heterocycles. The van der Waals surface area contributed by atoms with Gasteiger partial charge < -0.3 is 18.9 Å². The Balaban J connectivity index is 2.16. The third-order valence-electron chi connectivity index (χ3n) is 3.35. The quantitative estimate of drug-likeness (QED) is 0.578. The molecule has 138 valence electrons. The molecular formula is C19H22N2O5. The summed E-state index contributed by atoms with van der Waals surface area (Å²) in [5.41, 5.74) is 3.96. The molecule has 2 rings (SSSR count). The molecule has 0 heterocycles. The number of carbonyl (C=O) groups excluding carboxylic acids is 1.